The van der Waals surface area contributed by atoms with Crippen molar-refractivity contribution in [3.63, 3.8) is 0 Å². The molecule has 0 radical (unpaired) electrons. The van der Waals surface area contributed by atoms with Crippen LogP contribution in [-0.4, -0.2) is 35.2 Å². The Morgan fingerprint density at radius 2 is 2.03 bits per heavy atom. The second kappa shape index (κ2) is 8.68. The first-order valence-electron chi connectivity index (χ1n) is 9.71. The van der Waals surface area contributed by atoms with E-state index in [1.165, 1.54) is 11.1 Å². The molecule has 2 aromatic rings. The molecule has 0 unspecified atom stereocenters. The van der Waals surface area contributed by atoms with Crippen LogP contribution in [0.25, 0.3) is 6.08 Å². The van der Waals surface area contributed by atoms with Gasteiger partial charge in [-0.25, -0.2) is 4.79 Å². The topological polar surface area (TPSA) is 101 Å². The number of ether oxygens (including phenoxy) is 2. The fourth-order valence-electron chi connectivity index (χ4n) is 3.12. The Balaban J connectivity index is 1.62. The van der Waals surface area contributed by atoms with Crippen molar-refractivity contribution < 1.29 is 23.9 Å². The summed E-state index contributed by atoms with van der Waals surface area (Å²) in [4.78, 5) is 34.4. The number of hydroxylamine groups is 2. The van der Waals surface area contributed by atoms with Gasteiger partial charge in [0.05, 0.1) is 22.8 Å². The van der Waals surface area contributed by atoms with Crippen LogP contribution in [0.15, 0.2) is 64.9 Å². The van der Waals surface area contributed by atoms with Crippen molar-refractivity contribution >= 4 is 41.2 Å². The number of hydrogen-bond donors (Lipinski definition) is 1. The Labute approximate surface area is 188 Å². The van der Waals surface area contributed by atoms with E-state index in [0.29, 0.717) is 23.7 Å². The second-order valence-electron chi connectivity index (χ2n) is 6.83. The standard InChI is InChI=1S/C23H18ClN3O5/c1-3-30-19-12-14(8-9-18(19)31-23(29)15-6-4-5-7-17(15)24)11-16-21(25)27-20(26-22(16)28)10-13(2)32-27/h4-12,25H,3H2,1-2H3/b16-11+,25-21?. The lowest BCUT2D eigenvalue weighted by Crippen LogP contribution is -2.38. The molecule has 0 spiro atoms. The van der Waals surface area contributed by atoms with Crippen molar-refractivity contribution in [3.05, 3.63) is 76.0 Å². The van der Waals surface area contributed by atoms with Crippen molar-refractivity contribution in [3.8, 4) is 11.5 Å². The maximum absolute atomic E-state index is 12.5. The number of nitrogens with zero attached hydrogens (tertiary/aromatic N) is 2. The van der Waals surface area contributed by atoms with Gasteiger partial charge in [0.1, 0.15) is 5.76 Å². The van der Waals surface area contributed by atoms with Gasteiger partial charge in [0.25, 0.3) is 5.91 Å². The van der Waals surface area contributed by atoms with Crippen LogP contribution in [0.4, 0.5) is 0 Å². The van der Waals surface area contributed by atoms with Crippen LogP contribution in [0, 0.1) is 5.41 Å². The number of hydrogen-bond acceptors (Lipinski definition) is 6. The number of amides is 1. The molecule has 2 heterocycles. The van der Waals surface area contributed by atoms with Gasteiger partial charge in [0.15, 0.2) is 23.2 Å². The minimum atomic E-state index is -0.622. The zero-order valence-electron chi connectivity index (χ0n) is 17.2. The minimum absolute atomic E-state index is 0.0557. The summed E-state index contributed by atoms with van der Waals surface area (Å²) in [5.41, 5.74) is 0.842. The molecule has 8 nitrogen and oxygen atoms in total. The number of aliphatic imine (C=N–C) groups is 1. The predicted molar refractivity (Wildman–Crippen MR) is 119 cm³/mol. The first kappa shape index (κ1) is 21.3. The predicted octanol–water partition coefficient (Wildman–Crippen LogP) is 4.41. The van der Waals surface area contributed by atoms with Crippen LogP contribution in [-0.2, 0) is 9.63 Å². The first-order valence-corrected chi connectivity index (χ1v) is 10.1. The molecule has 2 aliphatic heterocycles. The molecule has 0 fully saturated rings. The summed E-state index contributed by atoms with van der Waals surface area (Å²) in [5.74, 6) is 0.00609. The van der Waals surface area contributed by atoms with Gasteiger partial charge in [0.2, 0.25) is 0 Å². The summed E-state index contributed by atoms with van der Waals surface area (Å²) in [7, 11) is 0. The highest BCUT2D eigenvalue weighted by Crippen LogP contribution is 2.32. The van der Waals surface area contributed by atoms with E-state index in [1.54, 1.807) is 62.4 Å². The van der Waals surface area contributed by atoms with Crippen LogP contribution < -0.4 is 9.47 Å². The number of nitrogens with one attached hydrogen (secondary N) is 1. The van der Waals surface area contributed by atoms with Crippen LogP contribution in [0.2, 0.25) is 5.02 Å². The maximum Gasteiger partial charge on any atom is 0.345 e. The second-order valence-corrected chi connectivity index (χ2v) is 7.24. The van der Waals surface area contributed by atoms with Crippen LogP contribution in [0.3, 0.4) is 0 Å². The Bertz CT molecular complexity index is 1230. The fourth-order valence-corrected chi connectivity index (χ4v) is 3.33. The van der Waals surface area contributed by atoms with Crippen molar-refractivity contribution in [2.45, 2.75) is 13.8 Å². The number of fused-ring (bicyclic) bond motifs is 1. The molecule has 0 bridgehead atoms. The van der Waals surface area contributed by atoms with Crippen LogP contribution in [0.5, 0.6) is 11.5 Å². The molecule has 0 saturated heterocycles. The van der Waals surface area contributed by atoms with E-state index in [4.69, 9.17) is 31.3 Å². The fraction of sp³-hybridized carbons (Fsp3) is 0.130. The minimum Gasteiger partial charge on any atom is -0.490 e. The van der Waals surface area contributed by atoms with Crippen LogP contribution in [0.1, 0.15) is 29.8 Å². The third-order valence-corrected chi connectivity index (χ3v) is 4.89. The summed E-state index contributed by atoms with van der Waals surface area (Å²) < 4.78 is 11.1. The number of carbonyl (C=O) groups excluding carboxylic acids is 2. The first-order chi connectivity index (χ1) is 15.4. The molecule has 1 amide bonds. The van der Waals surface area contributed by atoms with Crippen molar-refractivity contribution in [2.24, 2.45) is 4.99 Å². The van der Waals surface area contributed by atoms with E-state index in [0.717, 1.165) is 0 Å². The van der Waals surface area contributed by atoms with Gasteiger partial charge in [-0.2, -0.15) is 4.99 Å². The summed E-state index contributed by atoms with van der Waals surface area (Å²) in [5, 5.41) is 9.78. The molecule has 1 N–H and O–H groups in total. The van der Waals surface area contributed by atoms with E-state index in [1.807, 2.05) is 0 Å². The van der Waals surface area contributed by atoms with E-state index < -0.39 is 11.9 Å². The quantitative estimate of drug-likeness (QED) is 0.410. The number of rotatable bonds is 5. The molecule has 162 valence electrons. The molecule has 0 atom stereocenters. The van der Waals surface area contributed by atoms with Gasteiger partial charge in [-0.1, -0.05) is 29.8 Å². The molecule has 4 rings (SSSR count). The molecular formula is C23H18ClN3O5. The summed E-state index contributed by atoms with van der Waals surface area (Å²) in [6, 6.07) is 11.4. The molecule has 2 aromatic carbocycles. The smallest absolute Gasteiger partial charge is 0.345 e. The molecule has 9 heteroatoms. The van der Waals surface area contributed by atoms with Gasteiger partial charge in [-0.05, 0) is 49.8 Å². The number of benzene rings is 2. The van der Waals surface area contributed by atoms with Crippen molar-refractivity contribution in [1.82, 2.24) is 5.06 Å². The zero-order valence-corrected chi connectivity index (χ0v) is 18.0. The van der Waals surface area contributed by atoms with Crippen molar-refractivity contribution in [1.29, 1.82) is 5.41 Å². The van der Waals surface area contributed by atoms with Crippen molar-refractivity contribution in [2.75, 3.05) is 6.61 Å². The Hall–Kier alpha value is -3.91. The molecule has 0 saturated carbocycles. The highest BCUT2D eigenvalue weighted by atomic mass is 35.5. The molecule has 2 aliphatic rings. The van der Waals surface area contributed by atoms with Gasteiger partial charge < -0.3 is 14.3 Å². The van der Waals surface area contributed by atoms with Crippen LogP contribution >= 0.6 is 11.6 Å². The van der Waals surface area contributed by atoms with E-state index in [-0.39, 0.29) is 33.6 Å². The van der Waals surface area contributed by atoms with Gasteiger partial charge in [0, 0.05) is 6.08 Å². The monoisotopic (exact) mass is 451 g/mol. The Morgan fingerprint density at radius 3 is 2.78 bits per heavy atom. The summed E-state index contributed by atoms with van der Waals surface area (Å²) in [6.07, 6.45) is 3.09. The lowest BCUT2D eigenvalue weighted by molar-refractivity contribution is -0.114. The molecule has 0 aromatic heterocycles. The lowest BCUT2D eigenvalue weighted by Gasteiger charge is -2.23. The Kier molecular flexibility index (Phi) is 5.79. The third-order valence-electron chi connectivity index (χ3n) is 4.56. The normalized spacial score (nSPS) is 16.3. The average molecular weight is 452 g/mol. The van der Waals surface area contributed by atoms with Gasteiger partial charge in [-0.3, -0.25) is 10.2 Å². The summed E-state index contributed by atoms with van der Waals surface area (Å²) >= 11 is 6.07. The van der Waals surface area contributed by atoms with Gasteiger partial charge in [-0.15, -0.1) is 5.06 Å². The average Bonchev–Trinajstić information content (AvgIpc) is 3.13. The largest absolute Gasteiger partial charge is 0.490 e. The number of carbonyl (C=O) groups is 2. The SMILES string of the molecule is CCOc1cc(/C=C2\C(=N)N3OC(C)=CC3=NC2=O)ccc1OC(=O)c1ccccc1Cl. The van der Waals surface area contributed by atoms with Gasteiger partial charge >= 0.3 is 5.97 Å². The maximum atomic E-state index is 12.5. The number of esters is 1. The number of halogens is 1. The zero-order chi connectivity index (χ0) is 22.8. The lowest BCUT2D eigenvalue weighted by atomic mass is 10.1. The van der Waals surface area contributed by atoms with E-state index in [9.17, 15) is 9.59 Å². The Morgan fingerprint density at radius 1 is 1.25 bits per heavy atom. The van der Waals surface area contributed by atoms with E-state index >= 15 is 0 Å². The third kappa shape index (κ3) is 4.13. The summed E-state index contributed by atoms with van der Waals surface area (Å²) in [6.45, 7) is 3.83. The van der Waals surface area contributed by atoms with E-state index in [2.05, 4.69) is 4.99 Å². The number of amidine groups is 2. The molecule has 32 heavy (non-hydrogen) atoms. The highest BCUT2D eigenvalue weighted by Gasteiger charge is 2.34. The molecule has 0 aliphatic carbocycles. The molecular weight excluding hydrogens is 434 g/mol. The highest BCUT2D eigenvalue weighted by molar-refractivity contribution is 6.33. The number of allylic oxidation sites excluding steroid dienone is 1.